The maximum atomic E-state index is 13.1. The summed E-state index contributed by atoms with van der Waals surface area (Å²) in [6.45, 7) is 1.60. The minimum atomic E-state index is -0.503. The van der Waals surface area contributed by atoms with Crippen LogP contribution in [0.15, 0.2) is 53.0 Å². The zero-order valence-corrected chi connectivity index (χ0v) is 16.1. The van der Waals surface area contributed by atoms with Gasteiger partial charge in [-0.2, -0.15) is 0 Å². The molecule has 2 amide bonds. The molecular formula is C20H17BrN4O2. The summed E-state index contributed by atoms with van der Waals surface area (Å²) in [7, 11) is 0. The Bertz CT molecular complexity index is 1060. The Hall–Kier alpha value is -2.67. The van der Waals surface area contributed by atoms with Gasteiger partial charge in [-0.05, 0) is 42.8 Å². The largest absolute Gasteiger partial charge is 0.330 e. The number of carbonyl (C=O) groups excluding carboxylic acids is 2. The molecule has 136 valence electrons. The van der Waals surface area contributed by atoms with Gasteiger partial charge in [-0.1, -0.05) is 28.1 Å². The van der Waals surface area contributed by atoms with Gasteiger partial charge in [0.1, 0.15) is 6.04 Å². The smallest absolute Gasteiger partial charge is 0.257 e. The second kappa shape index (κ2) is 6.20. The van der Waals surface area contributed by atoms with E-state index in [2.05, 4.69) is 20.5 Å². The summed E-state index contributed by atoms with van der Waals surface area (Å²) in [5.74, 6) is 0.439. The molecule has 2 aliphatic rings. The minimum absolute atomic E-state index is 0.166. The predicted molar refractivity (Wildman–Crippen MR) is 107 cm³/mol. The number of halogens is 1. The van der Waals surface area contributed by atoms with Crippen LogP contribution in [0.25, 0.3) is 11.0 Å². The van der Waals surface area contributed by atoms with Crippen LogP contribution >= 0.6 is 15.9 Å². The number of imidazole rings is 1. The number of carbonyl (C=O) groups is 2. The van der Waals surface area contributed by atoms with Crippen molar-refractivity contribution in [2.75, 3.05) is 16.3 Å². The second-order valence-electron chi connectivity index (χ2n) is 6.86. The first kappa shape index (κ1) is 16.5. The average molecular weight is 425 g/mol. The Morgan fingerprint density at radius 2 is 1.78 bits per heavy atom. The van der Waals surface area contributed by atoms with Gasteiger partial charge in [0.05, 0.1) is 23.1 Å². The molecule has 2 aliphatic heterocycles. The number of aryl methyl sites for hydroxylation is 1. The van der Waals surface area contributed by atoms with Gasteiger partial charge in [0.15, 0.2) is 0 Å². The molecule has 0 saturated carbocycles. The van der Waals surface area contributed by atoms with E-state index in [1.807, 2.05) is 41.3 Å². The van der Waals surface area contributed by atoms with Gasteiger partial charge in [0, 0.05) is 17.6 Å². The first-order chi connectivity index (χ1) is 13.1. The molecule has 0 N–H and O–H groups in total. The van der Waals surface area contributed by atoms with Crippen molar-refractivity contribution >= 4 is 50.4 Å². The highest BCUT2D eigenvalue weighted by molar-refractivity contribution is 9.10. The third kappa shape index (κ3) is 2.56. The van der Waals surface area contributed by atoms with Gasteiger partial charge >= 0.3 is 0 Å². The highest BCUT2D eigenvalue weighted by Gasteiger charge is 2.44. The van der Waals surface area contributed by atoms with E-state index < -0.39 is 6.04 Å². The van der Waals surface area contributed by atoms with Crippen molar-refractivity contribution in [1.82, 2.24) is 9.55 Å². The molecule has 3 aromatic rings. The van der Waals surface area contributed by atoms with Crippen LogP contribution in [0.2, 0.25) is 0 Å². The van der Waals surface area contributed by atoms with E-state index in [0.29, 0.717) is 5.69 Å². The molecule has 2 aromatic carbocycles. The summed E-state index contributed by atoms with van der Waals surface area (Å²) in [5.41, 5.74) is 2.60. The van der Waals surface area contributed by atoms with Gasteiger partial charge in [-0.15, -0.1) is 0 Å². The molecule has 7 heteroatoms. The number of benzene rings is 2. The lowest BCUT2D eigenvalue weighted by molar-refractivity contribution is -0.121. The van der Waals surface area contributed by atoms with Crippen LogP contribution < -0.4 is 9.80 Å². The Morgan fingerprint density at radius 1 is 1.00 bits per heavy atom. The van der Waals surface area contributed by atoms with E-state index in [4.69, 9.17) is 4.98 Å². The lowest BCUT2D eigenvalue weighted by Gasteiger charge is -2.32. The van der Waals surface area contributed by atoms with Gasteiger partial charge < -0.3 is 9.47 Å². The molecule has 0 aliphatic carbocycles. The van der Waals surface area contributed by atoms with Gasteiger partial charge in [-0.3, -0.25) is 9.59 Å². The fourth-order valence-corrected chi connectivity index (χ4v) is 4.28. The summed E-state index contributed by atoms with van der Waals surface area (Å²) in [6, 6.07) is 14.7. The van der Waals surface area contributed by atoms with E-state index in [1.54, 1.807) is 12.1 Å². The first-order valence-corrected chi connectivity index (χ1v) is 9.77. The van der Waals surface area contributed by atoms with Gasteiger partial charge in [0.2, 0.25) is 11.9 Å². The second-order valence-corrected chi connectivity index (χ2v) is 7.78. The number of fused-ring (bicyclic) bond motifs is 3. The zero-order chi connectivity index (χ0) is 18.5. The van der Waals surface area contributed by atoms with Crippen molar-refractivity contribution in [1.29, 1.82) is 0 Å². The number of anilines is 2. The van der Waals surface area contributed by atoms with Crippen molar-refractivity contribution in [3.05, 3.63) is 53.0 Å². The summed E-state index contributed by atoms with van der Waals surface area (Å²) in [4.78, 5) is 33.8. The fourth-order valence-electron chi connectivity index (χ4n) is 4.02. The van der Waals surface area contributed by atoms with E-state index in [1.165, 1.54) is 4.90 Å². The summed E-state index contributed by atoms with van der Waals surface area (Å²) in [5, 5.41) is 0. The molecule has 1 atom stereocenters. The molecule has 0 spiro atoms. The molecule has 27 heavy (non-hydrogen) atoms. The van der Waals surface area contributed by atoms with Crippen molar-refractivity contribution in [2.24, 2.45) is 0 Å². The van der Waals surface area contributed by atoms with Crippen LogP contribution in [0.5, 0.6) is 0 Å². The lowest BCUT2D eigenvalue weighted by Crippen LogP contribution is -2.46. The van der Waals surface area contributed by atoms with Gasteiger partial charge in [-0.25, -0.2) is 9.88 Å². The molecule has 5 rings (SSSR count). The maximum Gasteiger partial charge on any atom is 0.257 e. The number of aromatic nitrogens is 2. The first-order valence-electron chi connectivity index (χ1n) is 8.98. The molecule has 1 unspecified atom stereocenters. The fraction of sp³-hybridized carbons (Fsp3) is 0.250. The van der Waals surface area contributed by atoms with Crippen LogP contribution in [-0.2, 0) is 16.1 Å². The number of hydrogen-bond donors (Lipinski definition) is 0. The standard InChI is InChI=1S/C20H17BrN4O2/c21-13-6-8-14(9-7-13)25-18(26)12-17(19(25)27)24-11-3-10-23-16-5-2-1-4-15(16)22-20(23)24/h1-2,4-9,17H,3,10-12H2. The summed E-state index contributed by atoms with van der Waals surface area (Å²) in [6.07, 6.45) is 1.10. The molecule has 1 fully saturated rings. The maximum absolute atomic E-state index is 13.1. The van der Waals surface area contributed by atoms with Crippen molar-refractivity contribution in [3.63, 3.8) is 0 Å². The normalized spacial score (nSPS) is 19.8. The average Bonchev–Trinajstić information content (AvgIpc) is 3.20. The third-order valence-electron chi connectivity index (χ3n) is 5.26. The highest BCUT2D eigenvalue weighted by atomic mass is 79.9. The number of para-hydroxylation sites is 2. The predicted octanol–water partition coefficient (Wildman–Crippen LogP) is 3.34. The number of rotatable bonds is 2. The topological polar surface area (TPSA) is 58.4 Å². The number of hydrogen-bond acceptors (Lipinski definition) is 4. The summed E-state index contributed by atoms with van der Waals surface area (Å²) >= 11 is 3.39. The third-order valence-corrected chi connectivity index (χ3v) is 5.78. The Balaban J connectivity index is 1.52. The van der Waals surface area contributed by atoms with Crippen molar-refractivity contribution in [2.45, 2.75) is 25.4 Å². The number of amides is 2. The van der Waals surface area contributed by atoms with E-state index in [0.717, 1.165) is 41.0 Å². The SMILES string of the molecule is O=C1CC(N2CCCn3c2nc2ccccc23)C(=O)N1c1ccc(Br)cc1. The molecule has 0 radical (unpaired) electrons. The molecule has 6 nitrogen and oxygen atoms in total. The highest BCUT2D eigenvalue weighted by Crippen LogP contribution is 2.33. The van der Waals surface area contributed by atoms with Crippen LogP contribution in [0.3, 0.4) is 0 Å². The molecule has 1 aromatic heterocycles. The van der Waals surface area contributed by atoms with Crippen LogP contribution in [0, 0.1) is 0 Å². The molecule has 0 bridgehead atoms. The quantitative estimate of drug-likeness (QED) is 0.591. The monoisotopic (exact) mass is 424 g/mol. The molecular weight excluding hydrogens is 408 g/mol. The van der Waals surface area contributed by atoms with Crippen molar-refractivity contribution in [3.8, 4) is 0 Å². The van der Waals surface area contributed by atoms with Crippen LogP contribution in [0.4, 0.5) is 11.6 Å². The van der Waals surface area contributed by atoms with E-state index in [-0.39, 0.29) is 18.2 Å². The zero-order valence-electron chi connectivity index (χ0n) is 14.5. The Morgan fingerprint density at radius 3 is 2.59 bits per heavy atom. The lowest BCUT2D eigenvalue weighted by atomic mass is 10.2. The summed E-state index contributed by atoms with van der Waals surface area (Å²) < 4.78 is 3.06. The van der Waals surface area contributed by atoms with E-state index >= 15 is 0 Å². The Labute approximate surface area is 164 Å². The Kier molecular flexibility index (Phi) is 3.79. The number of nitrogens with zero attached hydrogens (tertiary/aromatic N) is 4. The van der Waals surface area contributed by atoms with E-state index in [9.17, 15) is 9.59 Å². The van der Waals surface area contributed by atoms with Crippen LogP contribution in [0.1, 0.15) is 12.8 Å². The minimum Gasteiger partial charge on any atom is -0.330 e. The van der Waals surface area contributed by atoms with Gasteiger partial charge in [0.25, 0.3) is 5.91 Å². The molecule has 1 saturated heterocycles. The van der Waals surface area contributed by atoms with Crippen molar-refractivity contribution < 1.29 is 9.59 Å². The number of imide groups is 1. The van der Waals surface area contributed by atoms with Crippen LogP contribution in [-0.4, -0.2) is 34.0 Å². The molecule has 3 heterocycles.